The van der Waals surface area contributed by atoms with Gasteiger partial charge in [0.25, 0.3) is 11.8 Å². The Balaban J connectivity index is 2.08. The largest absolute Gasteiger partial charge is 0.288 e. The fourth-order valence-corrected chi connectivity index (χ4v) is 2.40. The van der Waals surface area contributed by atoms with Crippen LogP contribution < -0.4 is 10.9 Å². The summed E-state index contributed by atoms with van der Waals surface area (Å²) in [5, 5.41) is 12.7. The van der Waals surface area contributed by atoms with Gasteiger partial charge in [0, 0.05) is 15.6 Å². The summed E-state index contributed by atoms with van der Waals surface area (Å²) in [6, 6.07) is 11.3. The molecule has 0 saturated carbocycles. The highest BCUT2D eigenvalue weighted by Crippen LogP contribution is 2.17. The van der Waals surface area contributed by atoms with Crippen molar-refractivity contribution >= 4 is 45.6 Å². The third kappa shape index (κ3) is 4.38. The molecule has 0 aliphatic carbocycles. The van der Waals surface area contributed by atoms with Crippen LogP contribution in [0.2, 0.25) is 5.02 Å². The number of carbonyl (C=O) groups excluding carboxylic acids is 2. The normalized spacial score (nSPS) is 10.6. The predicted octanol–water partition coefficient (Wildman–Crippen LogP) is 2.99. The van der Waals surface area contributed by atoms with E-state index >= 15 is 0 Å². The second-order valence-electron chi connectivity index (χ2n) is 4.36. The Labute approximate surface area is 145 Å². The topological polar surface area (TPSA) is 90.8 Å². The Morgan fingerprint density at radius 2 is 1.91 bits per heavy atom. The highest BCUT2D eigenvalue weighted by Gasteiger charge is 2.09. The van der Waals surface area contributed by atoms with Crippen molar-refractivity contribution in [2.24, 2.45) is 5.10 Å². The molecule has 0 aliphatic heterocycles. The van der Waals surface area contributed by atoms with Gasteiger partial charge in [-0.3, -0.25) is 14.8 Å². The molecule has 0 aliphatic rings. The molecule has 0 unspecified atom stereocenters. The molecule has 0 heterocycles. The maximum absolute atomic E-state index is 12.0. The van der Waals surface area contributed by atoms with Crippen molar-refractivity contribution in [2.75, 3.05) is 0 Å². The van der Waals surface area contributed by atoms with Gasteiger partial charge in [-0.2, -0.15) is 5.10 Å². The first-order chi connectivity index (χ1) is 11.0. The molecule has 23 heavy (non-hydrogen) atoms. The van der Waals surface area contributed by atoms with Gasteiger partial charge in [0.15, 0.2) is 0 Å². The fraction of sp³-hybridized carbons (Fsp3) is 0. The number of hydrogen-bond donors (Lipinski definition) is 3. The number of benzene rings is 2. The van der Waals surface area contributed by atoms with Crippen molar-refractivity contribution in [3.05, 3.63) is 68.7 Å². The number of hydroxylamine groups is 1. The van der Waals surface area contributed by atoms with Crippen LogP contribution in [0.15, 0.2) is 52.0 Å². The van der Waals surface area contributed by atoms with Gasteiger partial charge in [0.1, 0.15) is 0 Å². The van der Waals surface area contributed by atoms with Crippen LogP contribution >= 0.6 is 27.5 Å². The van der Waals surface area contributed by atoms with Crippen molar-refractivity contribution in [1.82, 2.24) is 10.9 Å². The lowest BCUT2D eigenvalue weighted by Crippen LogP contribution is -2.19. The molecule has 118 valence electrons. The van der Waals surface area contributed by atoms with E-state index in [2.05, 4.69) is 26.5 Å². The van der Waals surface area contributed by atoms with Crippen molar-refractivity contribution in [3.63, 3.8) is 0 Å². The number of halogens is 2. The van der Waals surface area contributed by atoms with Gasteiger partial charge in [0.05, 0.1) is 16.8 Å². The van der Waals surface area contributed by atoms with Gasteiger partial charge in [-0.25, -0.2) is 10.9 Å². The number of nitrogens with zero attached hydrogens (tertiary/aromatic N) is 1. The molecular formula is C15H11BrClN3O3. The molecule has 2 amide bonds. The quantitative estimate of drug-likeness (QED) is 0.421. The molecule has 0 saturated heterocycles. The summed E-state index contributed by atoms with van der Waals surface area (Å²) >= 11 is 9.30. The Kier molecular flexibility index (Phi) is 5.86. The van der Waals surface area contributed by atoms with Crippen LogP contribution in [0.4, 0.5) is 0 Å². The zero-order chi connectivity index (χ0) is 16.8. The number of carbonyl (C=O) groups is 2. The lowest BCUT2D eigenvalue weighted by molar-refractivity contribution is 0.0706. The van der Waals surface area contributed by atoms with E-state index in [0.29, 0.717) is 15.6 Å². The summed E-state index contributed by atoms with van der Waals surface area (Å²) in [7, 11) is 0. The molecule has 0 aromatic heterocycles. The van der Waals surface area contributed by atoms with Crippen LogP contribution in [0.5, 0.6) is 0 Å². The van der Waals surface area contributed by atoms with E-state index in [9.17, 15) is 9.59 Å². The van der Waals surface area contributed by atoms with Gasteiger partial charge in [0.2, 0.25) is 0 Å². The first kappa shape index (κ1) is 17.1. The van der Waals surface area contributed by atoms with E-state index < -0.39 is 5.91 Å². The van der Waals surface area contributed by atoms with Crippen LogP contribution in [-0.2, 0) is 0 Å². The fourth-order valence-electron chi connectivity index (χ4n) is 1.70. The van der Waals surface area contributed by atoms with Crippen LogP contribution in [0, 0.1) is 0 Å². The zero-order valence-electron chi connectivity index (χ0n) is 11.6. The number of nitrogens with one attached hydrogen (secondary N) is 2. The zero-order valence-corrected chi connectivity index (χ0v) is 13.9. The first-order valence-corrected chi connectivity index (χ1v) is 7.52. The Morgan fingerprint density at radius 1 is 1.17 bits per heavy atom. The van der Waals surface area contributed by atoms with Gasteiger partial charge in [-0.05, 0) is 40.2 Å². The smallest absolute Gasteiger partial charge is 0.274 e. The van der Waals surface area contributed by atoms with Crippen LogP contribution in [0.3, 0.4) is 0 Å². The molecule has 0 bridgehead atoms. The number of hydrazone groups is 1. The Hall–Kier alpha value is -2.22. The maximum atomic E-state index is 12.0. The molecule has 8 heteroatoms. The Morgan fingerprint density at radius 3 is 2.57 bits per heavy atom. The standard InChI is InChI=1S/C15H11BrClN3O3/c16-12-4-2-1-3-11(12)15(22)19-18-8-10-6-5-9(7-13(10)17)14(21)20-23/h1-8,23H,(H,19,22)(H,20,21). The Bertz CT molecular complexity index is 780. The lowest BCUT2D eigenvalue weighted by atomic mass is 10.1. The van der Waals surface area contributed by atoms with E-state index in [0.717, 1.165) is 0 Å². The minimum Gasteiger partial charge on any atom is -0.288 e. The first-order valence-electron chi connectivity index (χ1n) is 6.35. The van der Waals surface area contributed by atoms with Gasteiger partial charge >= 0.3 is 0 Å². The summed E-state index contributed by atoms with van der Waals surface area (Å²) in [4.78, 5) is 23.2. The second kappa shape index (κ2) is 7.87. The van der Waals surface area contributed by atoms with Gasteiger partial charge in [-0.1, -0.05) is 29.8 Å². The van der Waals surface area contributed by atoms with E-state index in [1.165, 1.54) is 23.8 Å². The SMILES string of the molecule is O=C(NO)c1ccc(C=NNC(=O)c2ccccc2Br)c(Cl)c1. The molecular weight excluding hydrogens is 386 g/mol. The minimum absolute atomic E-state index is 0.201. The molecule has 0 radical (unpaired) electrons. The maximum Gasteiger partial charge on any atom is 0.274 e. The summed E-state index contributed by atoms with van der Waals surface area (Å²) in [5.74, 6) is -1.04. The predicted molar refractivity (Wildman–Crippen MR) is 89.9 cm³/mol. The van der Waals surface area contributed by atoms with Crippen LogP contribution in [0.1, 0.15) is 26.3 Å². The van der Waals surface area contributed by atoms with Crippen LogP contribution in [-0.4, -0.2) is 23.2 Å². The lowest BCUT2D eigenvalue weighted by Gasteiger charge is -2.03. The summed E-state index contributed by atoms with van der Waals surface area (Å²) in [5.41, 5.74) is 5.06. The highest BCUT2D eigenvalue weighted by atomic mass is 79.9. The molecule has 0 atom stereocenters. The summed E-state index contributed by atoms with van der Waals surface area (Å²) < 4.78 is 0.658. The molecule has 0 fully saturated rings. The third-order valence-electron chi connectivity index (χ3n) is 2.85. The van der Waals surface area contributed by atoms with E-state index in [-0.39, 0.29) is 16.5 Å². The second-order valence-corrected chi connectivity index (χ2v) is 5.62. The number of hydrogen-bond acceptors (Lipinski definition) is 4. The molecule has 2 aromatic rings. The third-order valence-corrected chi connectivity index (χ3v) is 3.87. The molecule has 3 N–H and O–H groups in total. The summed E-state index contributed by atoms with van der Waals surface area (Å²) in [6.07, 6.45) is 1.36. The average Bonchev–Trinajstić information content (AvgIpc) is 2.55. The van der Waals surface area contributed by atoms with Crippen molar-refractivity contribution in [2.45, 2.75) is 0 Å². The van der Waals surface area contributed by atoms with Gasteiger partial charge in [-0.15, -0.1) is 0 Å². The average molecular weight is 397 g/mol. The van der Waals surface area contributed by atoms with E-state index in [1.807, 2.05) is 0 Å². The molecule has 2 aromatic carbocycles. The van der Waals surface area contributed by atoms with E-state index in [4.69, 9.17) is 16.8 Å². The van der Waals surface area contributed by atoms with Gasteiger partial charge < -0.3 is 0 Å². The monoisotopic (exact) mass is 395 g/mol. The van der Waals surface area contributed by atoms with Crippen molar-refractivity contribution < 1.29 is 14.8 Å². The number of amides is 2. The van der Waals surface area contributed by atoms with E-state index in [1.54, 1.807) is 30.3 Å². The van der Waals surface area contributed by atoms with Crippen LogP contribution in [0.25, 0.3) is 0 Å². The molecule has 6 nitrogen and oxygen atoms in total. The molecule has 0 spiro atoms. The summed E-state index contributed by atoms with van der Waals surface area (Å²) in [6.45, 7) is 0. The van der Waals surface area contributed by atoms with Crippen molar-refractivity contribution in [1.29, 1.82) is 0 Å². The minimum atomic E-state index is -0.669. The number of rotatable bonds is 4. The highest BCUT2D eigenvalue weighted by molar-refractivity contribution is 9.10. The molecule has 2 rings (SSSR count). The van der Waals surface area contributed by atoms with Crippen molar-refractivity contribution in [3.8, 4) is 0 Å².